The first-order valence-electron chi connectivity index (χ1n) is 7.78. The first-order valence-corrected chi connectivity index (χ1v) is 8.60. The molecule has 0 aliphatic rings. The first-order chi connectivity index (χ1) is 12.6. The monoisotopic (exact) mass is 366 g/mol. The molecule has 4 rings (SSSR count). The summed E-state index contributed by atoms with van der Waals surface area (Å²) in [5.41, 5.74) is 2.85. The van der Waals surface area contributed by atoms with E-state index in [2.05, 4.69) is 25.8 Å². The Labute approximate surface area is 152 Å². The molecule has 4 aromatic rings. The van der Waals surface area contributed by atoms with Gasteiger partial charge in [-0.05, 0) is 60.2 Å². The van der Waals surface area contributed by atoms with Gasteiger partial charge in [0.2, 0.25) is 0 Å². The van der Waals surface area contributed by atoms with Crippen LogP contribution in [-0.4, -0.2) is 31.1 Å². The summed E-state index contributed by atoms with van der Waals surface area (Å²) in [6.45, 7) is 3.79. The number of amides is 1. The number of hydrogen-bond acceptors (Lipinski definition) is 7. The van der Waals surface area contributed by atoms with Crippen LogP contribution in [0.1, 0.15) is 20.9 Å². The number of rotatable bonds is 4. The van der Waals surface area contributed by atoms with Crippen LogP contribution in [0.4, 0.5) is 5.69 Å². The molecule has 0 bridgehead atoms. The zero-order valence-corrected chi connectivity index (χ0v) is 14.8. The summed E-state index contributed by atoms with van der Waals surface area (Å²) in [7, 11) is 0. The molecule has 0 fully saturated rings. The highest BCUT2D eigenvalue weighted by Gasteiger charge is 2.18. The van der Waals surface area contributed by atoms with Crippen molar-refractivity contribution in [3.8, 4) is 16.5 Å². The van der Waals surface area contributed by atoms with Gasteiger partial charge in [-0.3, -0.25) is 4.79 Å². The van der Waals surface area contributed by atoms with Crippen LogP contribution >= 0.6 is 11.3 Å². The lowest BCUT2D eigenvalue weighted by molar-refractivity contribution is 0.102. The van der Waals surface area contributed by atoms with E-state index in [1.807, 2.05) is 32.0 Å². The van der Waals surface area contributed by atoms with Crippen molar-refractivity contribution in [3.05, 3.63) is 59.1 Å². The first kappa shape index (κ1) is 16.2. The molecular formula is C17H14N6O2S. The number of nitrogens with zero attached hydrogens (tertiary/aromatic N) is 5. The Bertz CT molecular complexity index is 1050. The van der Waals surface area contributed by atoms with Crippen molar-refractivity contribution in [3.63, 3.8) is 0 Å². The van der Waals surface area contributed by atoms with Gasteiger partial charge in [-0.1, -0.05) is 0 Å². The van der Waals surface area contributed by atoms with Crippen molar-refractivity contribution in [1.29, 1.82) is 0 Å². The highest BCUT2D eigenvalue weighted by Crippen LogP contribution is 2.28. The predicted octanol–water partition coefficient (Wildman–Crippen LogP) is 3.25. The molecule has 1 amide bonds. The third-order valence-electron chi connectivity index (χ3n) is 3.79. The van der Waals surface area contributed by atoms with E-state index in [1.54, 1.807) is 23.1 Å². The van der Waals surface area contributed by atoms with Gasteiger partial charge in [0.1, 0.15) is 12.0 Å². The maximum absolute atomic E-state index is 12.6. The minimum atomic E-state index is -0.258. The number of aromatic nitrogens is 5. The van der Waals surface area contributed by atoms with Crippen molar-refractivity contribution in [1.82, 2.24) is 25.2 Å². The fourth-order valence-electron chi connectivity index (χ4n) is 2.56. The second-order valence-electron chi connectivity index (χ2n) is 5.61. The van der Waals surface area contributed by atoms with Crippen molar-refractivity contribution >= 4 is 22.9 Å². The third kappa shape index (κ3) is 3.00. The normalized spacial score (nSPS) is 10.8. The fourth-order valence-corrected chi connectivity index (χ4v) is 3.44. The van der Waals surface area contributed by atoms with Gasteiger partial charge in [0.25, 0.3) is 5.91 Å². The minimum absolute atomic E-state index is 0.258. The zero-order valence-electron chi connectivity index (χ0n) is 14.0. The van der Waals surface area contributed by atoms with E-state index >= 15 is 0 Å². The second-order valence-corrected chi connectivity index (χ2v) is 6.81. The van der Waals surface area contributed by atoms with Crippen LogP contribution in [0.3, 0.4) is 0 Å². The van der Waals surface area contributed by atoms with Crippen LogP contribution in [0.5, 0.6) is 0 Å². The highest BCUT2D eigenvalue weighted by atomic mass is 32.1. The molecule has 8 nitrogen and oxygen atoms in total. The van der Waals surface area contributed by atoms with Gasteiger partial charge < -0.3 is 9.73 Å². The minimum Gasteiger partial charge on any atom is -0.462 e. The Kier molecular flexibility index (Phi) is 4.05. The third-order valence-corrected chi connectivity index (χ3v) is 4.78. The summed E-state index contributed by atoms with van der Waals surface area (Å²) in [4.78, 5) is 17.8. The van der Waals surface area contributed by atoms with E-state index in [-0.39, 0.29) is 5.91 Å². The molecule has 9 heteroatoms. The number of nitrogens with one attached hydrogen (secondary N) is 1. The lowest BCUT2D eigenvalue weighted by atomic mass is 10.1. The highest BCUT2D eigenvalue weighted by molar-refractivity contribution is 7.15. The number of anilines is 1. The number of benzene rings is 1. The summed E-state index contributed by atoms with van der Waals surface area (Å²) in [5.74, 6) is 0.393. The van der Waals surface area contributed by atoms with Gasteiger partial charge in [0.05, 0.1) is 12.0 Å². The predicted molar refractivity (Wildman–Crippen MR) is 96.4 cm³/mol. The summed E-state index contributed by atoms with van der Waals surface area (Å²) in [6, 6.07) is 9.13. The van der Waals surface area contributed by atoms with E-state index in [0.717, 1.165) is 16.1 Å². The molecule has 0 radical (unpaired) electrons. The van der Waals surface area contributed by atoms with E-state index in [1.165, 1.54) is 17.7 Å². The van der Waals surface area contributed by atoms with E-state index < -0.39 is 0 Å². The molecule has 0 atom stereocenters. The molecule has 0 aliphatic heterocycles. The average Bonchev–Trinajstić information content (AvgIpc) is 3.36. The van der Waals surface area contributed by atoms with Gasteiger partial charge in [0.15, 0.2) is 10.8 Å². The fraction of sp³-hybridized carbons (Fsp3) is 0.118. The molecule has 130 valence electrons. The Hall–Kier alpha value is -3.33. The number of hydrogen-bond donors (Lipinski definition) is 1. The van der Waals surface area contributed by atoms with E-state index in [0.29, 0.717) is 22.1 Å². The second kappa shape index (κ2) is 6.52. The Morgan fingerprint density at radius 1 is 1.27 bits per heavy atom. The SMILES string of the molecule is Cc1cc(NC(=O)c2nc(-c3ccco3)sc2C)ccc1-n1cnnn1. The van der Waals surface area contributed by atoms with Crippen LogP contribution in [0, 0.1) is 13.8 Å². The molecule has 0 unspecified atom stereocenters. The van der Waals surface area contributed by atoms with Crippen molar-refractivity contribution in [2.24, 2.45) is 0 Å². The molecule has 0 saturated heterocycles. The van der Waals surface area contributed by atoms with Gasteiger partial charge in [-0.2, -0.15) is 0 Å². The molecule has 3 heterocycles. The molecule has 26 heavy (non-hydrogen) atoms. The van der Waals surface area contributed by atoms with Crippen LogP contribution in [-0.2, 0) is 0 Å². The van der Waals surface area contributed by atoms with Gasteiger partial charge in [-0.25, -0.2) is 9.67 Å². The van der Waals surface area contributed by atoms with Crippen LogP contribution in [0.2, 0.25) is 0 Å². The van der Waals surface area contributed by atoms with E-state index in [9.17, 15) is 4.79 Å². The Morgan fingerprint density at radius 3 is 2.85 bits per heavy atom. The van der Waals surface area contributed by atoms with Crippen molar-refractivity contribution in [2.75, 3.05) is 5.32 Å². The van der Waals surface area contributed by atoms with Gasteiger partial charge in [0, 0.05) is 10.6 Å². The number of aryl methyl sites for hydroxylation is 2. The summed E-state index contributed by atoms with van der Waals surface area (Å²) in [5, 5.41) is 14.7. The zero-order chi connectivity index (χ0) is 18.1. The molecule has 3 aromatic heterocycles. The number of thiazole rings is 1. The van der Waals surface area contributed by atoms with Crippen molar-refractivity contribution < 1.29 is 9.21 Å². The standard InChI is InChI=1S/C17H14N6O2S/c1-10-8-12(5-6-13(10)23-9-18-21-22-23)19-16(24)15-11(2)26-17(20-15)14-4-3-7-25-14/h3-9H,1-2H3,(H,19,24). The summed E-state index contributed by atoms with van der Waals surface area (Å²) in [6.07, 6.45) is 3.11. The largest absolute Gasteiger partial charge is 0.462 e. The van der Waals surface area contributed by atoms with Crippen LogP contribution in [0.15, 0.2) is 47.3 Å². The number of tetrazole rings is 1. The lowest BCUT2D eigenvalue weighted by Gasteiger charge is -2.08. The maximum atomic E-state index is 12.6. The number of carbonyl (C=O) groups is 1. The molecule has 1 aromatic carbocycles. The molecule has 0 spiro atoms. The van der Waals surface area contributed by atoms with Crippen LogP contribution in [0.25, 0.3) is 16.5 Å². The van der Waals surface area contributed by atoms with Gasteiger partial charge >= 0.3 is 0 Å². The van der Waals surface area contributed by atoms with Gasteiger partial charge in [-0.15, -0.1) is 16.4 Å². The number of furan rings is 1. The topological polar surface area (TPSA) is 98.7 Å². The Balaban J connectivity index is 1.56. The lowest BCUT2D eigenvalue weighted by Crippen LogP contribution is -2.14. The maximum Gasteiger partial charge on any atom is 0.275 e. The summed E-state index contributed by atoms with van der Waals surface area (Å²) >= 11 is 1.42. The Morgan fingerprint density at radius 2 is 2.15 bits per heavy atom. The summed E-state index contributed by atoms with van der Waals surface area (Å²) < 4.78 is 6.92. The molecule has 0 saturated carbocycles. The molecular weight excluding hydrogens is 352 g/mol. The smallest absolute Gasteiger partial charge is 0.275 e. The average molecular weight is 366 g/mol. The van der Waals surface area contributed by atoms with Crippen LogP contribution < -0.4 is 5.32 Å². The molecule has 1 N–H and O–H groups in total. The van der Waals surface area contributed by atoms with E-state index in [4.69, 9.17) is 4.42 Å². The quantitative estimate of drug-likeness (QED) is 0.595. The number of carbonyl (C=O) groups excluding carboxylic acids is 1. The van der Waals surface area contributed by atoms with Crippen molar-refractivity contribution in [2.45, 2.75) is 13.8 Å². The molecule has 0 aliphatic carbocycles.